The first kappa shape index (κ1) is 24.3. The molecule has 0 saturated heterocycles. The standard InChI is InChI=1S/C25H25FN2O4S/c1-2-27-33(31,32)22-14-8-19(9-15-22)17-24(29)23(16-18-6-4-3-5-7-18)28-25(30)20-10-12-21(26)13-11-20/h3-15,23,27H,2,16-17H2,1H3,(H,28,30)/t23-/m0/s1. The summed E-state index contributed by atoms with van der Waals surface area (Å²) in [4.78, 5) is 25.9. The summed E-state index contributed by atoms with van der Waals surface area (Å²) in [7, 11) is -3.58. The number of carbonyl (C=O) groups is 2. The molecular weight excluding hydrogens is 443 g/mol. The maximum Gasteiger partial charge on any atom is 0.251 e. The Labute approximate surface area is 192 Å². The van der Waals surface area contributed by atoms with Gasteiger partial charge in [-0.1, -0.05) is 49.4 Å². The molecule has 0 radical (unpaired) electrons. The van der Waals surface area contributed by atoms with E-state index >= 15 is 0 Å². The van der Waals surface area contributed by atoms with Gasteiger partial charge in [0, 0.05) is 18.5 Å². The number of benzene rings is 3. The molecule has 0 aromatic heterocycles. The molecule has 0 aliphatic heterocycles. The monoisotopic (exact) mass is 468 g/mol. The fraction of sp³-hybridized carbons (Fsp3) is 0.200. The first-order chi connectivity index (χ1) is 15.8. The summed E-state index contributed by atoms with van der Waals surface area (Å²) in [5.74, 6) is -1.16. The Morgan fingerprint density at radius 3 is 2.12 bits per heavy atom. The second kappa shape index (κ2) is 11.0. The predicted molar refractivity (Wildman–Crippen MR) is 124 cm³/mol. The van der Waals surface area contributed by atoms with Crippen LogP contribution in [-0.2, 0) is 27.7 Å². The smallest absolute Gasteiger partial charge is 0.251 e. The molecule has 0 bridgehead atoms. The summed E-state index contributed by atoms with van der Waals surface area (Å²) in [6.45, 7) is 1.97. The average Bonchev–Trinajstić information content (AvgIpc) is 2.80. The van der Waals surface area contributed by atoms with Crippen molar-refractivity contribution >= 4 is 21.7 Å². The van der Waals surface area contributed by atoms with Gasteiger partial charge in [0.15, 0.2) is 5.78 Å². The number of halogens is 1. The van der Waals surface area contributed by atoms with Crippen LogP contribution in [0.5, 0.6) is 0 Å². The van der Waals surface area contributed by atoms with Crippen LogP contribution >= 0.6 is 0 Å². The van der Waals surface area contributed by atoms with E-state index in [1.165, 1.54) is 36.4 Å². The Hall–Kier alpha value is -3.36. The summed E-state index contributed by atoms with van der Waals surface area (Å²) in [5.41, 5.74) is 1.76. The summed E-state index contributed by atoms with van der Waals surface area (Å²) >= 11 is 0. The van der Waals surface area contributed by atoms with Gasteiger partial charge in [0.25, 0.3) is 5.91 Å². The van der Waals surface area contributed by atoms with Gasteiger partial charge < -0.3 is 5.32 Å². The zero-order chi connectivity index (χ0) is 23.8. The molecule has 1 amide bonds. The number of hydrogen-bond donors (Lipinski definition) is 2. The molecule has 6 nitrogen and oxygen atoms in total. The van der Waals surface area contributed by atoms with Gasteiger partial charge in [-0.05, 0) is 53.9 Å². The van der Waals surface area contributed by atoms with Crippen molar-refractivity contribution in [3.63, 3.8) is 0 Å². The summed E-state index contributed by atoms with van der Waals surface area (Å²) in [5, 5.41) is 2.76. The van der Waals surface area contributed by atoms with Crippen molar-refractivity contribution in [1.82, 2.24) is 10.0 Å². The molecule has 0 unspecified atom stereocenters. The molecule has 3 aromatic carbocycles. The van der Waals surface area contributed by atoms with Gasteiger partial charge in [0.2, 0.25) is 10.0 Å². The lowest BCUT2D eigenvalue weighted by Gasteiger charge is -2.18. The maximum absolute atomic E-state index is 13.2. The summed E-state index contributed by atoms with van der Waals surface area (Å²) in [6, 6.07) is 19.6. The van der Waals surface area contributed by atoms with Crippen LogP contribution in [0.4, 0.5) is 4.39 Å². The normalized spacial score (nSPS) is 12.2. The molecule has 0 fully saturated rings. The summed E-state index contributed by atoms with van der Waals surface area (Å²) < 4.78 is 39.8. The maximum atomic E-state index is 13.2. The SMILES string of the molecule is CCNS(=O)(=O)c1ccc(CC(=O)[C@H](Cc2ccccc2)NC(=O)c2ccc(F)cc2)cc1. The lowest BCUT2D eigenvalue weighted by molar-refractivity contribution is -0.120. The quantitative estimate of drug-likeness (QED) is 0.478. The Balaban J connectivity index is 1.77. The average molecular weight is 469 g/mol. The van der Waals surface area contributed by atoms with E-state index in [1.807, 2.05) is 30.3 Å². The molecule has 2 N–H and O–H groups in total. The number of Topliss-reactive ketones (excluding diaryl/α,β-unsaturated/α-hetero) is 1. The minimum atomic E-state index is -3.58. The molecular formula is C25H25FN2O4S. The molecule has 33 heavy (non-hydrogen) atoms. The fourth-order valence-electron chi connectivity index (χ4n) is 3.32. The molecule has 0 aliphatic carbocycles. The third-order valence-corrected chi connectivity index (χ3v) is 6.59. The van der Waals surface area contributed by atoms with E-state index in [-0.39, 0.29) is 29.2 Å². The zero-order valence-electron chi connectivity index (χ0n) is 18.1. The Morgan fingerprint density at radius 2 is 1.52 bits per heavy atom. The number of ketones is 1. The van der Waals surface area contributed by atoms with E-state index < -0.39 is 27.8 Å². The van der Waals surface area contributed by atoms with E-state index in [1.54, 1.807) is 19.1 Å². The molecule has 0 heterocycles. The third-order valence-electron chi connectivity index (χ3n) is 5.03. The highest BCUT2D eigenvalue weighted by atomic mass is 32.2. The van der Waals surface area contributed by atoms with Gasteiger partial charge in [-0.25, -0.2) is 17.5 Å². The van der Waals surface area contributed by atoms with Crippen molar-refractivity contribution in [2.75, 3.05) is 6.54 Å². The Bertz CT molecular complexity index is 1200. The molecule has 172 valence electrons. The van der Waals surface area contributed by atoms with Crippen LogP contribution in [0, 0.1) is 5.82 Å². The van der Waals surface area contributed by atoms with Gasteiger partial charge in [-0.15, -0.1) is 0 Å². The van der Waals surface area contributed by atoms with Gasteiger partial charge in [-0.3, -0.25) is 9.59 Å². The van der Waals surface area contributed by atoms with E-state index in [9.17, 15) is 22.4 Å². The van der Waals surface area contributed by atoms with Crippen molar-refractivity contribution in [2.45, 2.75) is 30.7 Å². The molecule has 0 spiro atoms. The van der Waals surface area contributed by atoms with E-state index in [0.717, 1.165) is 5.56 Å². The Kier molecular flexibility index (Phi) is 8.08. The topological polar surface area (TPSA) is 92.3 Å². The van der Waals surface area contributed by atoms with Gasteiger partial charge in [-0.2, -0.15) is 0 Å². The fourth-order valence-corrected chi connectivity index (χ4v) is 4.36. The number of amides is 1. The van der Waals surface area contributed by atoms with Crippen molar-refractivity contribution in [3.05, 3.63) is 101 Å². The van der Waals surface area contributed by atoms with Crippen LogP contribution in [0.25, 0.3) is 0 Å². The van der Waals surface area contributed by atoms with Crippen LogP contribution in [0.3, 0.4) is 0 Å². The van der Waals surface area contributed by atoms with E-state index in [4.69, 9.17) is 0 Å². The second-order valence-corrected chi connectivity index (χ2v) is 9.28. The number of hydrogen-bond acceptors (Lipinski definition) is 4. The Morgan fingerprint density at radius 1 is 0.879 bits per heavy atom. The molecule has 0 aliphatic rings. The molecule has 0 saturated carbocycles. The van der Waals surface area contributed by atoms with Gasteiger partial charge in [0.05, 0.1) is 10.9 Å². The highest BCUT2D eigenvalue weighted by Gasteiger charge is 2.22. The van der Waals surface area contributed by atoms with E-state index in [0.29, 0.717) is 12.0 Å². The number of rotatable bonds is 10. The predicted octanol–water partition coefficient (Wildman–Crippen LogP) is 3.28. The zero-order valence-corrected chi connectivity index (χ0v) is 18.9. The van der Waals surface area contributed by atoms with Gasteiger partial charge in [0.1, 0.15) is 5.82 Å². The minimum Gasteiger partial charge on any atom is -0.342 e. The molecule has 1 atom stereocenters. The summed E-state index contributed by atoms with van der Waals surface area (Å²) in [6.07, 6.45) is 0.308. The molecule has 3 rings (SSSR count). The van der Waals surface area contributed by atoms with Crippen LogP contribution in [0.2, 0.25) is 0 Å². The van der Waals surface area contributed by atoms with Crippen molar-refractivity contribution in [2.24, 2.45) is 0 Å². The largest absolute Gasteiger partial charge is 0.342 e. The lowest BCUT2D eigenvalue weighted by atomic mass is 9.97. The van der Waals surface area contributed by atoms with Crippen molar-refractivity contribution < 1.29 is 22.4 Å². The minimum absolute atomic E-state index is 0.0166. The van der Waals surface area contributed by atoms with Crippen LogP contribution < -0.4 is 10.0 Å². The van der Waals surface area contributed by atoms with Crippen LogP contribution in [0.15, 0.2) is 83.8 Å². The van der Waals surface area contributed by atoms with E-state index in [2.05, 4.69) is 10.0 Å². The lowest BCUT2D eigenvalue weighted by Crippen LogP contribution is -2.43. The first-order valence-electron chi connectivity index (χ1n) is 10.5. The second-order valence-electron chi connectivity index (χ2n) is 7.51. The number of sulfonamides is 1. The number of carbonyl (C=O) groups excluding carboxylic acids is 2. The molecule has 3 aromatic rings. The van der Waals surface area contributed by atoms with Crippen LogP contribution in [0.1, 0.15) is 28.4 Å². The first-order valence-corrected chi connectivity index (χ1v) is 12.0. The number of nitrogens with one attached hydrogen (secondary N) is 2. The van der Waals surface area contributed by atoms with Crippen LogP contribution in [-0.4, -0.2) is 32.7 Å². The highest BCUT2D eigenvalue weighted by Crippen LogP contribution is 2.13. The third kappa shape index (κ3) is 6.81. The molecule has 8 heteroatoms. The van der Waals surface area contributed by atoms with Crippen molar-refractivity contribution in [1.29, 1.82) is 0 Å². The highest BCUT2D eigenvalue weighted by molar-refractivity contribution is 7.89. The van der Waals surface area contributed by atoms with Gasteiger partial charge >= 0.3 is 0 Å². The van der Waals surface area contributed by atoms with Crippen molar-refractivity contribution in [3.8, 4) is 0 Å².